The number of amides is 1. The maximum atomic E-state index is 12.1. The van der Waals surface area contributed by atoms with Crippen LogP contribution in [0, 0.1) is 13.8 Å². The number of carbonyl (C=O) groups is 2. The summed E-state index contributed by atoms with van der Waals surface area (Å²) < 4.78 is 5.09. The van der Waals surface area contributed by atoms with Crippen molar-refractivity contribution in [1.82, 2.24) is 14.9 Å². The van der Waals surface area contributed by atoms with Gasteiger partial charge in [-0.2, -0.15) is 0 Å². The lowest BCUT2D eigenvalue weighted by atomic mass is 10.3. The third-order valence-corrected chi connectivity index (χ3v) is 3.81. The fourth-order valence-corrected chi connectivity index (χ4v) is 2.85. The molecule has 0 saturated carbocycles. The van der Waals surface area contributed by atoms with E-state index in [-0.39, 0.29) is 24.8 Å². The Bertz CT molecular complexity index is 532. The van der Waals surface area contributed by atoms with Crippen LogP contribution in [0.3, 0.4) is 0 Å². The first-order valence-electron chi connectivity index (χ1n) is 6.53. The first-order valence-corrected chi connectivity index (χ1v) is 7.51. The SMILES string of the molecule is Cc1cc(C)nc(SCC(=O)N2CCOC(C(=O)O)C2)n1. The average Bonchev–Trinajstić information content (AvgIpc) is 2.44. The molecule has 114 valence electrons. The fraction of sp³-hybridized carbons (Fsp3) is 0.538. The number of carboxylic acid groups (broad SMARTS) is 1. The number of carboxylic acids is 1. The number of hydrogen-bond acceptors (Lipinski definition) is 6. The lowest BCUT2D eigenvalue weighted by Crippen LogP contribution is -2.49. The van der Waals surface area contributed by atoms with Crippen molar-refractivity contribution in [3.8, 4) is 0 Å². The van der Waals surface area contributed by atoms with Crippen molar-refractivity contribution < 1.29 is 19.4 Å². The maximum absolute atomic E-state index is 12.1. The summed E-state index contributed by atoms with van der Waals surface area (Å²) in [7, 11) is 0. The molecule has 8 heteroatoms. The van der Waals surface area contributed by atoms with E-state index in [9.17, 15) is 9.59 Å². The molecular formula is C13H17N3O4S. The third-order valence-electron chi connectivity index (χ3n) is 2.98. The molecule has 2 heterocycles. The summed E-state index contributed by atoms with van der Waals surface area (Å²) in [5, 5.41) is 9.48. The Hall–Kier alpha value is -1.67. The number of rotatable bonds is 4. The summed E-state index contributed by atoms with van der Waals surface area (Å²) >= 11 is 1.26. The average molecular weight is 311 g/mol. The molecule has 0 aromatic carbocycles. The summed E-state index contributed by atoms with van der Waals surface area (Å²) in [5.41, 5.74) is 1.71. The van der Waals surface area contributed by atoms with Crippen LogP contribution in [0.1, 0.15) is 11.4 Å². The number of morpholine rings is 1. The summed E-state index contributed by atoms with van der Waals surface area (Å²) in [6.45, 7) is 4.49. The zero-order chi connectivity index (χ0) is 15.4. The molecule has 1 aromatic heterocycles. The van der Waals surface area contributed by atoms with E-state index in [1.54, 1.807) is 0 Å². The van der Waals surface area contributed by atoms with Crippen LogP contribution >= 0.6 is 11.8 Å². The molecule has 1 aromatic rings. The van der Waals surface area contributed by atoms with Gasteiger partial charge in [0.05, 0.1) is 18.9 Å². The highest BCUT2D eigenvalue weighted by Gasteiger charge is 2.28. The minimum Gasteiger partial charge on any atom is -0.479 e. The summed E-state index contributed by atoms with van der Waals surface area (Å²) in [6.07, 6.45) is -0.940. The minimum absolute atomic E-state index is 0.0857. The molecule has 1 aliphatic heterocycles. The van der Waals surface area contributed by atoms with Gasteiger partial charge in [-0.1, -0.05) is 11.8 Å². The van der Waals surface area contributed by atoms with Gasteiger partial charge in [0.25, 0.3) is 0 Å². The van der Waals surface area contributed by atoms with Gasteiger partial charge in [0.1, 0.15) is 0 Å². The monoisotopic (exact) mass is 311 g/mol. The van der Waals surface area contributed by atoms with Crippen LogP contribution < -0.4 is 0 Å². The molecule has 0 radical (unpaired) electrons. The van der Waals surface area contributed by atoms with Crippen LogP contribution in [0.4, 0.5) is 0 Å². The normalized spacial score (nSPS) is 18.6. The first kappa shape index (κ1) is 15.7. The molecule has 1 unspecified atom stereocenters. The lowest BCUT2D eigenvalue weighted by Gasteiger charge is -2.30. The van der Waals surface area contributed by atoms with Gasteiger partial charge < -0.3 is 14.7 Å². The number of carbonyl (C=O) groups excluding carboxylic acids is 1. The molecule has 1 aliphatic rings. The molecular weight excluding hydrogens is 294 g/mol. The summed E-state index contributed by atoms with van der Waals surface area (Å²) in [5.74, 6) is -0.981. The van der Waals surface area contributed by atoms with Crippen LogP contribution in [-0.4, -0.2) is 63.4 Å². The van der Waals surface area contributed by atoms with Crippen molar-refractivity contribution in [1.29, 1.82) is 0 Å². The van der Waals surface area contributed by atoms with Gasteiger partial charge in [-0.05, 0) is 19.9 Å². The Balaban J connectivity index is 1.90. The Kier molecular flexibility index (Phi) is 5.13. The van der Waals surface area contributed by atoms with Gasteiger partial charge in [0.2, 0.25) is 5.91 Å². The molecule has 7 nitrogen and oxygen atoms in total. The first-order chi connectivity index (χ1) is 9.95. The number of aryl methyl sites for hydroxylation is 2. The van der Waals surface area contributed by atoms with Crippen LogP contribution in [0.25, 0.3) is 0 Å². The highest BCUT2D eigenvalue weighted by atomic mass is 32.2. The number of aliphatic carboxylic acids is 1. The Morgan fingerprint density at radius 3 is 2.71 bits per heavy atom. The second-order valence-electron chi connectivity index (χ2n) is 4.76. The number of aromatic nitrogens is 2. The quantitative estimate of drug-likeness (QED) is 0.639. The van der Waals surface area contributed by atoms with E-state index in [0.717, 1.165) is 11.4 Å². The van der Waals surface area contributed by atoms with Gasteiger partial charge in [0.15, 0.2) is 11.3 Å². The number of thioether (sulfide) groups is 1. The van der Waals surface area contributed by atoms with Crippen molar-refractivity contribution in [2.75, 3.05) is 25.4 Å². The van der Waals surface area contributed by atoms with Crippen molar-refractivity contribution >= 4 is 23.6 Å². The Morgan fingerprint density at radius 1 is 1.43 bits per heavy atom. The number of ether oxygens (including phenoxy) is 1. The lowest BCUT2D eigenvalue weighted by molar-refractivity contribution is -0.158. The highest BCUT2D eigenvalue weighted by molar-refractivity contribution is 7.99. The van der Waals surface area contributed by atoms with E-state index in [2.05, 4.69) is 9.97 Å². The van der Waals surface area contributed by atoms with E-state index in [1.807, 2.05) is 19.9 Å². The zero-order valence-corrected chi connectivity index (χ0v) is 12.7. The van der Waals surface area contributed by atoms with E-state index in [0.29, 0.717) is 11.7 Å². The topological polar surface area (TPSA) is 92.6 Å². The molecule has 21 heavy (non-hydrogen) atoms. The smallest absolute Gasteiger partial charge is 0.334 e. The predicted octanol–water partition coefficient (Wildman–Crippen LogP) is 0.498. The van der Waals surface area contributed by atoms with Gasteiger partial charge in [0, 0.05) is 17.9 Å². The molecule has 1 atom stereocenters. The summed E-state index contributed by atoms with van der Waals surface area (Å²) in [4.78, 5) is 33.0. The molecule has 2 rings (SSSR count). The zero-order valence-electron chi connectivity index (χ0n) is 11.9. The standard InChI is InChI=1S/C13H17N3O4S/c1-8-5-9(2)15-13(14-8)21-7-11(17)16-3-4-20-10(6-16)12(18)19/h5,10H,3-4,6-7H2,1-2H3,(H,18,19). The van der Waals surface area contributed by atoms with Crippen LogP contribution in [-0.2, 0) is 14.3 Å². The largest absolute Gasteiger partial charge is 0.479 e. The maximum Gasteiger partial charge on any atom is 0.334 e. The van der Waals surface area contributed by atoms with E-state index in [1.165, 1.54) is 16.7 Å². The minimum atomic E-state index is -1.04. The highest BCUT2D eigenvalue weighted by Crippen LogP contribution is 2.16. The van der Waals surface area contributed by atoms with E-state index in [4.69, 9.17) is 9.84 Å². The molecule has 1 fully saturated rings. The Morgan fingerprint density at radius 2 is 2.10 bits per heavy atom. The molecule has 0 spiro atoms. The van der Waals surface area contributed by atoms with Crippen LogP contribution in [0.2, 0.25) is 0 Å². The number of nitrogens with zero attached hydrogens (tertiary/aromatic N) is 3. The van der Waals surface area contributed by atoms with Crippen LogP contribution in [0.5, 0.6) is 0 Å². The van der Waals surface area contributed by atoms with Crippen LogP contribution in [0.15, 0.2) is 11.2 Å². The number of hydrogen-bond donors (Lipinski definition) is 1. The van der Waals surface area contributed by atoms with Crippen molar-refractivity contribution in [3.05, 3.63) is 17.5 Å². The molecule has 1 saturated heterocycles. The predicted molar refractivity (Wildman–Crippen MR) is 76.2 cm³/mol. The van der Waals surface area contributed by atoms with Gasteiger partial charge in [-0.25, -0.2) is 14.8 Å². The summed E-state index contributed by atoms with van der Waals surface area (Å²) in [6, 6.07) is 1.87. The second kappa shape index (κ2) is 6.86. The fourth-order valence-electron chi connectivity index (χ4n) is 2.00. The molecule has 1 amide bonds. The van der Waals surface area contributed by atoms with Gasteiger partial charge in [-0.15, -0.1) is 0 Å². The van der Waals surface area contributed by atoms with Crippen molar-refractivity contribution in [3.63, 3.8) is 0 Å². The molecule has 0 bridgehead atoms. The van der Waals surface area contributed by atoms with Gasteiger partial charge >= 0.3 is 5.97 Å². The molecule has 0 aliphatic carbocycles. The third kappa shape index (κ3) is 4.40. The van der Waals surface area contributed by atoms with Crippen molar-refractivity contribution in [2.45, 2.75) is 25.1 Å². The molecule has 1 N–H and O–H groups in total. The Labute approximate surface area is 126 Å². The van der Waals surface area contributed by atoms with E-state index >= 15 is 0 Å². The van der Waals surface area contributed by atoms with Crippen molar-refractivity contribution in [2.24, 2.45) is 0 Å². The second-order valence-corrected chi connectivity index (χ2v) is 5.70. The van der Waals surface area contributed by atoms with E-state index < -0.39 is 12.1 Å². The van der Waals surface area contributed by atoms with Gasteiger partial charge in [-0.3, -0.25) is 4.79 Å².